The fraction of sp³-hybridized carbons (Fsp3) is 0.250. The van der Waals surface area contributed by atoms with E-state index < -0.39 is 0 Å². The molecule has 0 bridgehead atoms. The Morgan fingerprint density at radius 3 is 2.52 bits per heavy atom. The lowest BCUT2D eigenvalue weighted by Crippen LogP contribution is -2.41. The van der Waals surface area contributed by atoms with E-state index in [2.05, 4.69) is 26.8 Å². The maximum absolute atomic E-state index is 12.7. The second-order valence-corrected chi connectivity index (χ2v) is 10.1. The van der Waals surface area contributed by atoms with E-state index in [1.807, 2.05) is 43.3 Å². The van der Waals surface area contributed by atoms with E-state index in [9.17, 15) is 14.4 Å². The highest BCUT2D eigenvalue weighted by Gasteiger charge is 2.31. The largest absolute Gasteiger partial charge is 0.293 e. The van der Waals surface area contributed by atoms with E-state index in [1.54, 1.807) is 23.1 Å². The Kier molecular flexibility index (Phi) is 9.22. The number of hydrogen-bond donors (Lipinski definition) is 2. The smallest absolute Gasteiger partial charge is 0.270 e. The van der Waals surface area contributed by atoms with Gasteiger partial charge in [-0.3, -0.25) is 30.1 Å². The van der Waals surface area contributed by atoms with Gasteiger partial charge < -0.3 is 0 Å². The molecule has 0 saturated carbocycles. The van der Waals surface area contributed by atoms with Crippen LogP contribution in [-0.4, -0.2) is 33.5 Å². The van der Waals surface area contributed by atoms with Crippen LogP contribution < -0.4 is 10.9 Å². The van der Waals surface area contributed by atoms with Crippen molar-refractivity contribution in [1.29, 1.82) is 0 Å². The van der Waals surface area contributed by atoms with Crippen LogP contribution in [0.25, 0.3) is 6.08 Å². The van der Waals surface area contributed by atoms with Crippen molar-refractivity contribution in [1.82, 2.24) is 15.8 Å². The van der Waals surface area contributed by atoms with Crippen molar-refractivity contribution in [3.63, 3.8) is 0 Å². The molecule has 1 heterocycles. The molecule has 1 saturated heterocycles. The van der Waals surface area contributed by atoms with Crippen molar-refractivity contribution in [3.8, 4) is 0 Å². The van der Waals surface area contributed by atoms with Crippen LogP contribution in [0.4, 0.5) is 0 Å². The quantitative estimate of drug-likeness (QED) is 0.211. The molecule has 1 aliphatic heterocycles. The van der Waals surface area contributed by atoms with Gasteiger partial charge in [0.2, 0.25) is 5.91 Å². The third kappa shape index (κ3) is 7.25. The molecule has 2 N–H and O–H groups in total. The number of amides is 3. The summed E-state index contributed by atoms with van der Waals surface area (Å²) in [5.41, 5.74) is 7.43. The Labute approximate surface area is 211 Å². The monoisotopic (exact) mass is 545 g/mol. The third-order valence-electron chi connectivity index (χ3n) is 4.97. The molecule has 0 aliphatic carbocycles. The van der Waals surface area contributed by atoms with Gasteiger partial charge in [0.25, 0.3) is 11.8 Å². The van der Waals surface area contributed by atoms with Crippen molar-refractivity contribution in [2.75, 3.05) is 6.54 Å². The van der Waals surface area contributed by atoms with E-state index in [4.69, 9.17) is 12.2 Å². The van der Waals surface area contributed by atoms with Crippen LogP contribution in [0.15, 0.2) is 57.9 Å². The van der Waals surface area contributed by atoms with Gasteiger partial charge >= 0.3 is 0 Å². The van der Waals surface area contributed by atoms with Crippen molar-refractivity contribution >= 4 is 68.0 Å². The Morgan fingerprint density at radius 2 is 1.79 bits per heavy atom. The number of nitrogens with one attached hydrogen (secondary N) is 2. The highest BCUT2D eigenvalue weighted by atomic mass is 79.9. The summed E-state index contributed by atoms with van der Waals surface area (Å²) in [5.74, 6) is -0.718. The summed E-state index contributed by atoms with van der Waals surface area (Å²) in [6, 6.07) is 15.0. The SMILES string of the molecule is Cc1ccc(C=C2SC(=S)N(CCCCCC(=O)NNC(=O)c3ccccc3Br)C2=O)cc1. The Bertz CT molecular complexity index is 1090. The van der Waals surface area contributed by atoms with Gasteiger partial charge in [-0.05, 0) is 59.5 Å². The number of halogens is 1. The van der Waals surface area contributed by atoms with Crippen molar-refractivity contribution in [3.05, 3.63) is 74.6 Å². The third-order valence-corrected chi connectivity index (χ3v) is 7.04. The molecule has 172 valence electrons. The first-order valence-corrected chi connectivity index (χ1v) is 12.5. The van der Waals surface area contributed by atoms with E-state index in [0.717, 1.165) is 18.4 Å². The highest BCUT2D eigenvalue weighted by Crippen LogP contribution is 2.32. The predicted molar refractivity (Wildman–Crippen MR) is 139 cm³/mol. The molecule has 3 rings (SSSR count). The molecule has 3 amide bonds. The standard InChI is InChI=1S/C24H24BrN3O3S2/c1-16-10-12-17(13-11-16)15-20-23(31)28(24(32)33-20)14-6-2-3-9-21(29)26-27-22(30)18-7-4-5-8-19(18)25/h4-5,7-8,10-13,15H,2-3,6,9,14H2,1H3,(H,26,29)(H,27,30). The minimum atomic E-state index is -0.385. The lowest BCUT2D eigenvalue weighted by molar-refractivity contribution is -0.123. The molecule has 2 aromatic rings. The van der Waals surface area contributed by atoms with Crippen LogP contribution in [0.1, 0.15) is 47.2 Å². The average molecular weight is 547 g/mol. The van der Waals surface area contributed by atoms with E-state index in [-0.39, 0.29) is 24.1 Å². The number of carbonyl (C=O) groups is 3. The zero-order chi connectivity index (χ0) is 23.8. The van der Waals surface area contributed by atoms with Gasteiger partial charge in [0.1, 0.15) is 4.32 Å². The summed E-state index contributed by atoms with van der Waals surface area (Å²) in [4.78, 5) is 39.0. The fourth-order valence-electron chi connectivity index (χ4n) is 3.14. The van der Waals surface area contributed by atoms with Crippen molar-refractivity contribution < 1.29 is 14.4 Å². The lowest BCUT2D eigenvalue weighted by Gasteiger charge is -2.14. The van der Waals surface area contributed by atoms with Crippen LogP contribution >= 0.6 is 39.9 Å². The van der Waals surface area contributed by atoms with Crippen LogP contribution in [-0.2, 0) is 9.59 Å². The fourth-order valence-corrected chi connectivity index (χ4v) is 4.91. The zero-order valence-corrected chi connectivity index (χ0v) is 21.3. The van der Waals surface area contributed by atoms with Gasteiger partial charge in [-0.1, -0.05) is 72.4 Å². The van der Waals surface area contributed by atoms with Crippen LogP contribution in [0.5, 0.6) is 0 Å². The number of thiocarbonyl (C=S) groups is 1. The maximum Gasteiger partial charge on any atom is 0.270 e. The molecular weight excluding hydrogens is 522 g/mol. The van der Waals surface area contributed by atoms with E-state index in [1.165, 1.54) is 17.3 Å². The number of rotatable bonds is 8. The number of aryl methyl sites for hydroxylation is 1. The molecule has 0 unspecified atom stereocenters. The van der Waals surface area contributed by atoms with Crippen LogP contribution in [0.3, 0.4) is 0 Å². The summed E-state index contributed by atoms with van der Waals surface area (Å²) in [5, 5.41) is 0. The topological polar surface area (TPSA) is 78.5 Å². The molecule has 1 fully saturated rings. The number of hydrogen-bond acceptors (Lipinski definition) is 5. The van der Waals surface area contributed by atoms with Gasteiger partial charge in [0, 0.05) is 17.4 Å². The highest BCUT2D eigenvalue weighted by molar-refractivity contribution is 9.10. The number of benzene rings is 2. The molecule has 6 nitrogen and oxygen atoms in total. The lowest BCUT2D eigenvalue weighted by atomic mass is 10.1. The minimum Gasteiger partial charge on any atom is -0.293 e. The van der Waals surface area contributed by atoms with Gasteiger partial charge in [0.15, 0.2) is 0 Å². The van der Waals surface area contributed by atoms with Gasteiger partial charge in [-0.15, -0.1) is 0 Å². The molecule has 0 atom stereocenters. The molecule has 0 spiro atoms. The van der Waals surface area contributed by atoms with Gasteiger partial charge in [0.05, 0.1) is 10.5 Å². The maximum atomic E-state index is 12.7. The molecule has 9 heteroatoms. The zero-order valence-electron chi connectivity index (χ0n) is 18.1. The second kappa shape index (κ2) is 12.1. The van der Waals surface area contributed by atoms with Gasteiger partial charge in [-0.25, -0.2) is 0 Å². The molecule has 2 aromatic carbocycles. The summed E-state index contributed by atoms with van der Waals surface area (Å²) < 4.78 is 1.21. The summed E-state index contributed by atoms with van der Waals surface area (Å²) in [6.07, 6.45) is 4.29. The Morgan fingerprint density at radius 1 is 1.06 bits per heavy atom. The summed E-state index contributed by atoms with van der Waals surface area (Å²) in [6.45, 7) is 2.54. The minimum absolute atomic E-state index is 0.0712. The number of unbranched alkanes of at least 4 members (excludes halogenated alkanes) is 2. The first-order valence-electron chi connectivity index (χ1n) is 10.5. The average Bonchev–Trinajstić information content (AvgIpc) is 3.06. The molecule has 33 heavy (non-hydrogen) atoms. The van der Waals surface area contributed by atoms with Gasteiger partial charge in [-0.2, -0.15) is 0 Å². The van der Waals surface area contributed by atoms with Crippen molar-refractivity contribution in [2.45, 2.75) is 32.6 Å². The normalized spacial score (nSPS) is 14.6. The predicted octanol–water partition coefficient (Wildman–Crippen LogP) is 4.98. The van der Waals surface area contributed by atoms with E-state index in [0.29, 0.717) is 32.2 Å². The first kappa shape index (κ1) is 25.1. The number of nitrogens with zero attached hydrogens (tertiary/aromatic N) is 1. The number of carbonyl (C=O) groups excluding carboxylic acids is 3. The molecule has 0 aromatic heterocycles. The molecular formula is C24H24BrN3O3S2. The van der Waals surface area contributed by atoms with Crippen LogP contribution in [0.2, 0.25) is 0 Å². The summed E-state index contributed by atoms with van der Waals surface area (Å²) >= 11 is 10.0. The Balaban J connectivity index is 1.36. The Hall–Kier alpha value is -2.49. The molecule has 0 radical (unpaired) electrons. The van der Waals surface area contributed by atoms with Crippen LogP contribution in [0, 0.1) is 6.92 Å². The number of hydrazine groups is 1. The molecule has 1 aliphatic rings. The van der Waals surface area contributed by atoms with E-state index >= 15 is 0 Å². The van der Waals surface area contributed by atoms with Crippen molar-refractivity contribution in [2.24, 2.45) is 0 Å². The summed E-state index contributed by atoms with van der Waals surface area (Å²) in [7, 11) is 0. The second-order valence-electron chi connectivity index (χ2n) is 7.54. The number of thioether (sulfide) groups is 1. The first-order chi connectivity index (χ1) is 15.8.